The van der Waals surface area contributed by atoms with Crippen LogP contribution in [0.15, 0.2) is 200 Å². The Bertz CT molecular complexity index is 2740. The molecule has 284 valence electrons. The van der Waals surface area contributed by atoms with Crippen LogP contribution in [0.1, 0.15) is 34.7 Å². The highest BCUT2D eigenvalue weighted by Crippen LogP contribution is 2.54. The van der Waals surface area contributed by atoms with E-state index in [0.717, 1.165) is 41.4 Å². The molecular weight excluding hydrogens is 709 g/mol. The predicted molar refractivity (Wildman–Crippen MR) is 240 cm³/mol. The van der Waals surface area contributed by atoms with Crippen LogP contribution in [0.25, 0.3) is 21.5 Å². The van der Waals surface area contributed by atoms with Gasteiger partial charge in [-0.2, -0.15) is 4.58 Å². The molecule has 1 unspecified atom stereocenters. The van der Waals surface area contributed by atoms with Crippen molar-refractivity contribution >= 4 is 44.6 Å². The average Bonchev–Trinajstić information content (AvgIpc) is 3.61. The number of nitrogens with zero attached hydrogens (tertiary/aromatic N) is 2. The van der Waals surface area contributed by atoms with Crippen LogP contribution in [0.3, 0.4) is 0 Å². The van der Waals surface area contributed by atoms with E-state index in [9.17, 15) is 9.90 Å². The van der Waals surface area contributed by atoms with Crippen LogP contribution in [0.5, 0.6) is 0 Å². The summed E-state index contributed by atoms with van der Waals surface area (Å²) in [6.07, 6.45) is 13.2. The highest BCUT2D eigenvalue weighted by molar-refractivity contribution is 6.08. The van der Waals surface area contributed by atoms with Crippen molar-refractivity contribution in [3.05, 3.63) is 228 Å². The fourth-order valence-corrected chi connectivity index (χ4v) is 9.94. The van der Waals surface area contributed by atoms with Crippen molar-refractivity contribution < 1.29 is 14.5 Å². The smallest absolute Gasteiger partial charge is 0.370 e. The number of likely N-dealkylation sites (N-methyl/N-ethyl adjacent to an activating group) is 1. The van der Waals surface area contributed by atoms with Gasteiger partial charge in [-0.15, -0.1) is 0 Å². The molecule has 0 saturated carbocycles. The lowest BCUT2D eigenvalue weighted by atomic mass is 9.69. The van der Waals surface area contributed by atoms with E-state index >= 15 is 0 Å². The number of carboxylic acid groups (broad SMARTS) is 1. The number of hydrogen-bond donors (Lipinski definition) is 1. The lowest BCUT2D eigenvalue weighted by molar-refractivity contribution is -0.428. The number of rotatable bonds is 11. The molecule has 2 aliphatic rings. The van der Waals surface area contributed by atoms with Gasteiger partial charge in [-0.1, -0.05) is 164 Å². The number of aliphatic carboxylic acids is 1. The van der Waals surface area contributed by atoms with Crippen molar-refractivity contribution in [1.29, 1.82) is 0 Å². The quantitative estimate of drug-likeness (QED) is 0.106. The highest BCUT2D eigenvalue weighted by atomic mass is 16.4. The number of benzene rings is 7. The van der Waals surface area contributed by atoms with Gasteiger partial charge in [0.05, 0.1) is 5.41 Å². The minimum Gasteiger partial charge on any atom is -0.477 e. The zero-order chi connectivity index (χ0) is 39.7. The molecule has 4 heteroatoms. The molecule has 0 amide bonds. The van der Waals surface area contributed by atoms with Gasteiger partial charge in [0.2, 0.25) is 12.2 Å². The van der Waals surface area contributed by atoms with Crippen molar-refractivity contribution in [3.63, 3.8) is 0 Å². The molecule has 0 fully saturated rings. The summed E-state index contributed by atoms with van der Waals surface area (Å²) >= 11 is 0. The Morgan fingerprint density at radius 1 is 0.603 bits per heavy atom. The topological polar surface area (TPSA) is 43.5 Å². The third-order valence-electron chi connectivity index (χ3n) is 12.3. The molecule has 0 saturated heterocycles. The van der Waals surface area contributed by atoms with Gasteiger partial charge in [0, 0.05) is 41.6 Å². The Morgan fingerprint density at radius 3 is 1.71 bits per heavy atom. The molecule has 0 bridgehead atoms. The second-order valence-electron chi connectivity index (χ2n) is 16.0. The molecule has 7 aromatic rings. The Morgan fingerprint density at radius 2 is 1.12 bits per heavy atom. The van der Waals surface area contributed by atoms with Crippen molar-refractivity contribution in [2.75, 3.05) is 18.5 Å². The second-order valence-corrected chi connectivity index (χ2v) is 16.0. The molecule has 7 aromatic carbocycles. The van der Waals surface area contributed by atoms with Crippen LogP contribution in [0, 0.1) is 0 Å². The number of carboxylic acids is 1. The predicted octanol–water partition coefficient (Wildman–Crippen LogP) is 11.5. The molecule has 0 aliphatic carbocycles. The van der Waals surface area contributed by atoms with Gasteiger partial charge in [-0.05, 0) is 88.2 Å². The number of allylic oxidation sites excluding steroid dienone is 6. The van der Waals surface area contributed by atoms with Gasteiger partial charge in [0.1, 0.15) is 0 Å². The van der Waals surface area contributed by atoms with E-state index in [0.29, 0.717) is 0 Å². The van der Waals surface area contributed by atoms with Gasteiger partial charge in [0.15, 0.2) is 5.71 Å². The summed E-state index contributed by atoms with van der Waals surface area (Å²) in [4.78, 5) is 14.9. The second kappa shape index (κ2) is 15.3. The maximum absolute atomic E-state index is 12.5. The molecule has 0 aromatic heterocycles. The van der Waals surface area contributed by atoms with Crippen LogP contribution in [0.2, 0.25) is 0 Å². The van der Waals surface area contributed by atoms with Gasteiger partial charge in [-0.3, -0.25) is 0 Å². The minimum atomic E-state index is -0.862. The normalized spacial score (nSPS) is 17.9. The van der Waals surface area contributed by atoms with Crippen LogP contribution < -0.4 is 4.90 Å². The Labute approximate surface area is 341 Å². The molecule has 9 rings (SSSR count). The van der Waals surface area contributed by atoms with E-state index in [1.165, 1.54) is 50.0 Å². The SMILES string of the molecule is CN1C(=CC=CC=CC2=[N+](CC(=O)O)c3ccc4ccccc4c3C2(C)Cc2ccccc2)C(Cc2ccccc2)(Cc2ccccc2)c2c1ccc1ccccc21. The zero-order valence-corrected chi connectivity index (χ0v) is 33.1. The molecule has 4 nitrogen and oxygen atoms in total. The van der Waals surface area contributed by atoms with Gasteiger partial charge < -0.3 is 10.0 Å². The van der Waals surface area contributed by atoms with E-state index in [2.05, 4.69) is 207 Å². The van der Waals surface area contributed by atoms with Gasteiger partial charge >= 0.3 is 5.97 Å². The number of carbonyl (C=O) groups is 1. The van der Waals surface area contributed by atoms with E-state index in [1.807, 2.05) is 10.6 Å². The fourth-order valence-electron chi connectivity index (χ4n) is 9.94. The lowest BCUT2D eigenvalue weighted by Crippen LogP contribution is -2.34. The minimum absolute atomic E-state index is 0.123. The Hall–Kier alpha value is -6.78. The van der Waals surface area contributed by atoms with Crippen molar-refractivity contribution in [2.24, 2.45) is 0 Å². The molecule has 0 radical (unpaired) electrons. The first-order chi connectivity index (χ1) is 28.4. The molecule has 1 atom stereocenters. The summed E-state index contributed by atoms with van der Waals surface area (Å²) in [7, 11) is 2.20. The molecule has 1 N–H and O–H groups in total. The first-order valence-corrected chi connectivity index (χ1v) is 20.2. The van der Waals surface area contributed by atoms with E-state index in [1.54, 1.807) is 0 Å². The summed E-state index contributed by atoms with van der Waals surface area (Å²) in [5.41, 5.74) is 9.90. The monoisotopic (exact) mass is 755 g/mol. The van der Waals surface area contributed by atoms with Crippen LogP contribution >= 0.6 is 0 Å². The Balaban J connectivity index is 1.17. The summed E-state index contributed by atoms with van der Waals surface area (Å²) in [5, 5.41) is 15.1. The molecule has 2 aliphatic heterocycles. The maximum Gasteiger partial charge on any atom is 0.370 e. The summed E-state index contributed by atoms with van der Waals surface area (Å²) in [6, 6.07) is 58.3. The standard InChI is InChI=1S/C54H46N2O2/c1-53(35-39-19-7-3-8-20-39)48(56(38-50(57)58)47-34-32-42-25-15-17-27-44(42)51(47)53)29-13-6-14-30-49-54(36-40-21-9-4-10-22-40,37-41-23-11-5-12-24-41)52-45-28-18-16-26-43(45)31-33-46(52)55(49)2/h3-34H,35-38H2,1-2H3/p+1. The van der Waals surface area contributed by atoms with Crippen LogP contribution in [-0.2, 0) is 34.9 Å². The molecular formula is C54H47N2O2+. The maximum atomic E-state index is 12.5. The fraction of sp³-hybridized carbons (Fsp3) is 0.148. The van der Waals surface area contributed by atoms with Crippen LogP contribution in [0.4, 0.5) is 11.4 Å². The third-order valence-corrected chi connectivity index (χ3v) is 12.3. The number of fused-ring (bicyclic) bond motifs is 6. The molecule has 58 heavy (non-hydrogen) atoms. The summed E-state index contributed by atoms with van der Waals surface area (Å²) in [5.74, 6) is -0.862. The Kier molecular flexibility index (Phi) is 9.71. The summed E-state index contributed by atoms with van der Waals surface area (Å²) < 4.78 is 2.01. The van der Waals surface area contributed by atoms with Gasteiger partial charge in [-0.25, -0.2) is 4.79 Å². The van der Waals surface area contributed by atoms with Gasteiger partial charge in [0.25, 0.3) is 0 Å². The van der Waals surface area contributed by atoms with Crippen molar-refractivity contribution in [1.82, 2.24) is 0 Å². The number of anilines is 1. The van der Waals surface area contributed by atoms with E-state index in [4.69, 9.17) is 0 Å². The van der Waals surface area contributed by atoms with E-state index < -0.39 is 11.4 Å². The average molecular weight is 756 g/mol. The van der Waals surface area contributed by atoms with Crippen molar-refractivity contribution in [2.45, 2.75) is 37.0 Å². The van der Waals surface area contributed by atoms with Crippen LogP contribution in [-0.4, -0.2) is 35.0 Å². The lowest BCUT2D eigenvalue weighted by Gasteiger charge is -2.34. The molecule has 2 heterocycles. The zero-order valence-electron chi connectivity index (χ0n) is 33.1. The first kappa shape index (κ1) is 36.8. The highest BCUT2D eigenvalue weighted by Gasteiger charge is 2.50. The summed E-state index contributed by atoms with van der Waals surface area (Å²) in [6.45, 7) is 2.15. The molecule has 0 spiro atoms. The van der Waals surface area contributed by atoms with Crippen molar-refractivity contribution in [3.8, 4) is 0 Å². The third kappa shape index (κ3) is 6.55. The van der Waals surface area contributed by atoms with E-state index in [-0.39, 0.29) is 12.0 Å². The first-order valence-electron chi connectivity index (χ1n) is 20.2. The largest absolute Gasteiger partial charge is 0.477 e. The number of hydrogen-bond acceptors (Lipinski definition) is 2.